The first-order chi connectivity index (χ1) is 13.5. The smallest absolute Gasteiger partial charge is 0.276 e. The van der Waals surface area contributed by atoms with E-state index in [-0.39, 0.29) is 24.4 Å². The fourth-order valence-electron chi connectivity index (χ4n) is 3.63. The summed E-state index contributed by atoms with van der Waals surface area (Å²) in [5, 5.41) is 11.6. The molecule has 3 rings (SSSR count). The molecule has 2 heterocycles. The topological polar surface area (TPSA) is 72.3 Å². The lowest BCUT2D eigenvalue weighted by Gasteiger charge is -2.31. The lowest BCUT2D eigenvalue weighted by atomic mass is 9.93. The molecule has 1 aliphatic rings. The highest BCUT2D eigenvalue weighted by atomic mass is 35.5. The van der Waals surface area contributed by atoms with Gasteiger partial charge in [-0.15, -0.1) is 17.5 Å². The van der Waals surface area contributed by atoms with E-state index in [0.717, 1.165) is 49.6 Å². The number of hydrogen-bond donors (Lipinski definition) is 1. The molecule has 160 valence electrons. The monoisotopic (exact) mass is 421 g/mol. The third-order valence-corrected chi connectivity index (χ3v) is 5.25. The Hall–Kier alpha value is -2.12. The van der Waals surface area contributed by atoms with E-state index in [2.05, 4.69) is 15.6 Å². The first-order valence-electron chi connectivity index (χ1n) is 10.1. The fraction of sp³-hybridized carbons (Fsp3) is 0.571. The van der Waals surface area contributed by atoms with E-state index in [1.807, 2.05) is 57.0 Å². The van der Waals surface area contributed by atoms with Crippen LogP contribution in [-0.4, -0.2) is 58.6 Å². The van der Waals surface area contributed by atoms with E-state index < -0.39 is 0 Å². The van der Waals surface area contributed by atoms with Gasteiger partial charge in [0.15, 0.2) is 5.69 Å². The molecule has 1 aliphatic heterocycles. The molecular weight excluding hydrogens is 390 g/mol. The molecule has 2 aromatic rings. The van der Waals surface area contributed by atoms with Crippen molar-refractivity contribution in [1.82, 2.24) is 25.2 Å². The lowest BCUT2D eigenvalue weighted by Crippen LogP contribution is -2.39. The zero-order valence-electron chi connectivity index (χ0n) is 17.7. The molecule has 0 saturated carbocycles. The van der Waals surface area contributed by atoms with Crippen LogP contribution in [0.4, 0.5) is 0 Å². The summed E-state index contributed by atoms with van der Waals surface area (Å²) in [5.74, 6) is 1.49. The van der Waals surface area contributed by atoms with Crippen molar-refractivity contribution in [1.29, 1.82) is 0 Å². The van der Waals surface area contributed by atoms with E-state index in [4.69, 9.17) is 4.74 Å². The SMILES string of the molecule is CNCCC1CCN(C(=O)c2nnn(-c3ccc(OC(C)C)cc3)c2C)CC1.Cl. The molecule has 1 fully saturated rings. The summed E-state index contributed by atoms with van der Waals surface area (Å²) in [7, 11) is 1.98. The van der Waals surface area contributed by atoms with Crippen LogP contribution in [0.3, 0.4) is 0 Å². The summed E-state index contributed by atoms with van der Waals surface area (Å²) in [6, 6.07) is 7.68. The van der Waals surface area contributed by atoms with E-state index >= 15 is 0 Å². The Morgan fingerprint density at radius 3 is 2.48 bits per heavy atom. The number of piperidine rings is 1. The molecule has 1 saturated heterocycles. The second-order valence-electron chi connectivity index (χ2n) is 7.72. The van der Waals surface area contributed by atoms with Crippen molar-refractivity contribution in [2.75, 3.05) is 26.7 Å². The Kier molecular flexibility index (Phi) is 8.46. The van der Waals surface area contributed by atoms with Crippen molar-refractivity contribution < 1.29 is 9.53 Å². The quantitative estimate of drug-likeness (QED) is 0.742. The van der Waals surface area contributed by atoms with Gasteiger partial charge in [-0.2, -0.15) is 0 Å². The Morgan fingerprint density at radius 1 is 1.24 bits per heavy atom. The van der Waals surface area contributed by atoms with Crippen LogP contribution in [0.25, 0.3) is 5.69 Å². The Balaban J connectivity index is 0.00000300. The van der Waals surface area contributed by atoms with Crippen LogP contribution >= 0.6 is 12.4 Å². The number of hydrogen-bond acceptors (Lipinski definition) is 5. The highest BCUT2D eigenvalue weighted by Crippen LogP contribution is 2.23. The number of ether oxygens (including phenoxy) is 1. The fourth-order valence-corrected chi connectivity index (χ4v) is 3.63. The molecule has 1 aromatic heterocycles. The molecule has 1 amide bonds. The maximum absolute atomic E-state index is 12.9. The number of carbonyl (C=O) groups excluding carboxylic acids is 1. The second kappa shape index (κ2) is 10.6. The number of amides is 1. The maximum Gasteiger partial charge on any atom is 0.276 e. The van der Waals surface area contributed by atoms with E-state index in [1.165, 1.54) is 6.42 Å². The average molecular weight is 422 g/mol. The van der Waals surface area contributed by atoms with Gasteiger partial charge in [0.25, 0.3) is 5.91 Å². The number of rotatable bonds is 7. The molecule has 0 radical (unpaired) electrons. The standard InChI is InChI=1S/C21H31N5O2.ClH/c1-15(2)28-19-7-5-18(6-8-19)26-16(3)20(23-24-26)21(27)25-13-10-17(11-14-25)9-12-22-4;/h5-8,15,17,22H,9-14H2,1-4H3;1H. The first-order valence-corrected chi connectivity index (χ1v) is 10.1. The van der Waals surface area contributed by atoms with Crippen molar-refractivity contribution in [2.24, 2.45) is 5.92 Å². The zero-order chi connectivity index (χ0) is 20.1. The highest BCUT2D eigenvalue weighted by Gasteiger charge is 2.27. The maximum atomic E-state index is 12.9. The molecular formula is C21H32ClN5O2. The van der Waals surface area contributed by atoms with Crippen LogP contribution < -0.4 is 10.1 Å². The summed E-state index contributed by atoms with van der Waals surface area (Å²) in [4.78, 5) is 14.9. The molecule has 0 atom stereocenters. The van der Waals surface area contributed by atoms with Gasteiger partial charge in [0.1, 0.15) is 5.75 Å². The van der Waals surface area contributed by atoms with Gasteiger partial charge in [0.05, 0.1) is 17.5 Å². The number of nitrogens with zero attached hydrogens (tertiary/aromatic N) is 4. The number of nitrogens with one attached hydrogen (secondary N) is 1. The predicted molar refractivity (Wildman–Crippen MR) is 116 cm³/mol. The molecule has 8 heteroatoms. The van der Waals surface area contributed by atoms with Crippen molar-refractivity contribution in [3.8, 4) is 11.4 Å². The minimum atomic E-state index is -0.0180. The number of benzene rings is 1. The molecule has 7 nitrogen and oxygen atoms in total. The van der Waals surface area contributed by atoms with Crippen molar-refractivity contribution in [3.05, 3.63) is 35.7 Å². The minimum Gasteiger partial charge on any atom is -0.491 e. The Morgan fingerprint density at radius 2 is 1.90 bits per heavy atom. The van der Waals surface area contributed by atoms with Crippen LogP contribution in [0.5, 0.6) is 5.75 Å². The molecule has 0 aliphatic carbocycles. The van der Waals surface area contributed by atoms with Crippen molar-refractivity contribution in [3.63, 3.8) is 0 Å². The van der Waals surface area contributed by atoms with E-state index in [9.17, 15) is 4.79 Å². The van der Waals surface area contributed by atoms with Gasteiger partial charge in [0, 0.05) is 13.1 Å². The second-order valence-corrected chi connectivity index (χ2v) is 7.72. The highest BCUT2D eigenvalue weighted by molar-refractivity contribution is 5.93. The van der Waals surface area contributed by atoms with Crippen LogP contribution in [0.15, 0.2) is 24.3 Å². The van der Waals surface area contributed by atoms with Crippen LogP contribution in [-0.2, 0) is 0 Å². The van der Waals surface area contributed by atoms with Crippen LogP contribution in [0, 0.1) is 12.8 Å². The molecule has 0 unspecified atom stereocenters. The molecule has 29 heavy (non-hydrogen) atoms. The Labute approximate surface area is 179 Å². The van der Waals surface area contributed by atoms with Crippen molar-refractivity contribution in [2.45, 2.75) is 46.1 Å². The molecule has 1 aromatic carbocycles. The largest absolute Gasteiger partial charge is 0.491 e. The van der Waals surface area contributed by atoms with Gasteiger partial charge >= 0.3 is 0 Å². The third kappa shape index (κ3) is 5.70. The van der Waals surface area contributed by atoms with Gasteiger partial charge in [-0.25, -0.2) is 4.68 Å². The number of likely N-dealkylation sites (tertiary alicyclic amines) is 1. The van der Waals surface area contributed by atoms with E-state index in [0.29, 0.717) is 11.6 Å². The van der Waals surface area contributed by atoms with Gasteiger partial charge in [0.2, 0.25) is 0 Å². The van der Waals surface area contributed by atoms with Crippen LogP contribution in [0.1, 0.15) is 49.3 Å². The molecule has 0 bridgehead atoms. The van der Waals surface area contributed by atoms with Gasteiger partial charge in [-0.05, 0) is 83.8 Å². The van der Waals surface area contributed by atoms with Gasteiger partial charge < -0.3 is 15.0 Å². The minimum absolute atomic E-state index is 0. The van der Waals surface area contributed by atoms with E-state index in [1.54, 1.807) is 4.68 Å². The summed E-state index contributed by atoms with van der Waals surface area (Å²) in [6.07, 6.45) is 3.41. The van der Waals surface area contributed by atoms with Crippen molar-refractivity contribution >= 4 is 18.3 Å². The van der Waals surface area contributed by atoms with Gasteiger partial charge in [-0.3, -0.25) is 4.79 Å². The van der Waals surface area contributed by atoms with Crippen LogP contribution in [0.2, 0.25) is 0 Å². The molecule has 0 spiro atoms. The number of aromatic nitrogens is 3. The molecule has 1 N–H and O–H groups in total. The normalized spacial score (nSPS) is 14.7. The average Bonchev–Trinajstić information content (AvgIpc) is 3.08. The third-order valence-electron chi connectivity index (χ3n) is 5.25. The summed E-state index contributed by atoms with van der Waals surface area (Å²) in [6.45, 7) is 8.51. The predicted octanol–water partition coefficient (Wildman–Crippen LogP) is 3.25. The lowest BCUT2D eigenvalue weighted by molar-refractivity contribution is 0.0680. The summed E-state index contributed by atoms with van der Waals surface area (Å²) >= 11 is 0. The Bertz CT molecular complexity index is 783. The van der Waals surface area contributed by atoms with Gasteiger partial charge in [-0.1, -0.05) is 5.21 Å². The summed E-state index contributed by atoms with van der Waals surface area (Å²) < 4.78 is 7.40. The number of carbonyl (C=O) groups is 1. The number of halogens is 1. The summed E-state index contributed by atoms with van der Waals surface area (Å²) in [5.41, 5.74) is 2.07. The zero-order valence-corrected chi connectivity index (χ0v) is 18.5. The first kappa shape index (κ1) is 23.2.